The summed E-state index contributed by atoms with van der Waals surface area (Å²) in [6, 6.07) is 7.66. The number of carboxylic acids is 1. The molecule has 0 aromatic heterocycles. The van der Waals surface area contributed by atoms with Gasteiger partial charge >= 0.3 is 5.97 Å². The number of carbonyl (C=O) groups is 1. The average Bonchev–Trinajstić information content (AvgIpc) is 2.27. The Morgan fingerprint density at radius 2 is 1.94 bits per heavy atom. The van der Waals surface area contributed by atoms with E-state index in [9.17, 15) is 4.79 Å². The number of hydrogen-bond acceptors (Lipinski definition) is 3. The molecule has 4 nitrogen and oxygen atoms in total. The molecule has 0 radical (unpaired) electrons. The van der Waals surface area contributed by atoms with Gasteiger partial charge in [-0.3, -0.25) is 4.79 Å². The van der Waals surface area contributed by atoms with Crippen LogP contribution in [0.4, 0.5) is 5.69 Å². The lowest BCUT2D eigenvalue weighted by Crippen LogP contribution is -2.26. The van der Waals surface area contributed by atoms with Crippen LogP contribution in [0.5, 0.6) is 5.75 Å². The third-order valence-corrected chi connectivity index (χ3v) is 2.57. The zero-order valence-electron chi connectivity index (χ0n) is 11.2. The van der Waals surface area contributed by atoms with Gasteiger partial charge in [-0.1, -0.05) is 13.8 Å². The third kappa shape index (κ3) is 5.08. The molecule has 0 unspecified atom stereocenters. The van der Waals surface area contributed by atoms with Gasteiger partial charge in [0.1, 0.15) is 5.75 Å². The van der Waals surface area contributed by atoms with E-state index < -0.39 is 5.97 Å². The standard InChI is InChI=1S/C14H21NO3/c1-4-18-12-7-5-11(6-8-12)15-10-14(2,3)9-13(16)17/h5-8,15H,4,9-10H2,1-3H3,(H,16,17). The van der Waals surface area contributed by atoms with E-state index >= 15 is 0 Å². The molecule has 0 aliphatic rings. The quantitative estimate of drug-likeness (QED) is 0.782. The minimum atomic E-state index is -0.770. The molecule has 0 saturated carbocycles. The van der Waals surface area contributed by atoms with Crippen LogP contribution in [0.3, 0.4) is 0 Å². The molecule has 1 rings (SSSR count). The molecular weight excluding hydrogens is 230 g/mol. The molecule has 0 aliphatic heterocycles. The van der Waals surface area contributed by atoms with Crippen molar-refractivity contribution in [3.8, 4) is 5.75 Å². The molecule has 0 bridgehead atoms. The van der Waals surface area contributed by atoms with Crippen molar-refractivity contribution < 1.29 is 14.6 Å². The summed E-state index contributed by atoms with van der Waals surface area (Å²) in [6.07, 6.45) is 0.150. The lowest BCUT2D eigenvalue weighted by molar-refractivity contribution is -0.139. The van der Waals surface area contributed by atoms with Crippen LogP contribution in [-0.4, -0.2) is 24.2 Å². The Kier molecular flexibility index (Phi) is 5.01. The second-order valence-electron chi connectivity index (χ2n) is 5.05. The zero-order valence-corrected chi connectivity index (χ0v) is 11.2. The highest BCUT2D eigenvalue weighted by molar-refractivity contribution is 5.67. The van der Waals surface area contributed by atoms with Crippen molar-refractivity contribution in [2.45, 2.75) is 27.2 Å². The largest absolute Gasteiger partial charge is 0.494 e. The molecular formula is C14H21NO3. The van der Waals surface area contributed by atoms with Gasteiger partial charge in [-0.15, -0.1) is 0 Å². The fraction of sp³-hybridized carbons (Fsp3) is 0.500. The van der Waals surface area contributed by atoms with Gasteiger partial charge in [-0.2, -0.15) is 0 Å². The number of ether oxygens (including phenoxy) is 1. The van der Waals surface area contributed by atoms with E-state index in [2.05, 4.69) is 5.32 Å². The van der Waals surface area contributed by atoms with Crippen LogP contribution in [0.25, 0.3) is 0 Å². The maximum absolute atomic E-state index is 10.7. The van der Waals surface area contributed by atoms with E-state index in [0.29, 0.717) is 13.2 Å². The number of carboxylic acid groups (broad SMARTS) is 1. The van der Waals surface area contributed by atoms with Crippen molar-refractivity contribution in [2.24, 2.45) is 5.41 Å². The highest BCUT2D eigenvalue weighted by atomic mass is 16.5. The molecule has 0 amide bonds. The number of aliphatic carboxylic acids is 1. The molecule has 0 fully saturated rings. The van der Waals surface area contributed by atoms with Crippen molar-refractivity contribution in [3.05, 3.63) is 24.3 Å². The van der Waals surface area contributed by atoms with Crippen LogP contribution in [0.2, 0.25) is 0 Å². The monoisotopic (exact) mass is 251 g/mol. The van der Waals surface area contributed by atoms with Gasteiger partial charge in [0.2, 0.25) is 0 Å². The Hall–Kier alpha value is -1.71. The predicted molar refractivity (Wildman–Crippen MR) is 72.1 cm³/mol. The fourth-order valence-corrected chi connectivity index (χ4v) is 1.65. The number of nitrogens with one attached hydrogen (secondary N) is 1. The molecule has 2 N–H and O–H groups in total. The summed E-state index contributed by atoms with van der Waals surface area (Å²) in [7, 11) is 0. The first kappa shape index (κ1) is 14.4. The molecule has 0 aliphatic carbocycles. The second-order valence-corrected chi connectivity index (χ2v) is 5.05. The molecule has 0 spiro atoms. The Balaban J connectivity index is 2.50. The first-order valence-corrected chi connectivity index (χ1v) is 6.11. The summed E-state index contributed by atoms with van der Waals surface area (Å²) >= 11 is 0. The minimum Gasteiger partial charge on any atom is -0.494 e. The number of benzene rings is 1. The van der Waals surface area contributed by atoms with Crippen LogP contribution in [0.1, 0.15) is 27.2 Å². The van der Waals surface area contributed by atoms with E-state index in [4.69, 9.17) is 9.84 Å². The van der Waals surface area contributed by atoms with E-state index in [1.165, 1.54) is 0 Å². The Labute approximate surface area is 108 Å². The van der Waals surface area contributed by atoms with Gasteiger partial charge in [0.15, 0.2) is 0 Å². The Bertz CT molecular complexity index is 385. The van der Waals surface area contributed by atoms with E-state index in [1.54, 1.807) is 0 Å². The van der Waals surface area contributed by atoms with E-state index in [1.807, 2.05) is 45.0 Å². The lowest BCUT2D eigenvalue weighted by atomic mass is 9.89. The van der Waals surface area contributed by atoms with Crippen LogP contribution in [0, 0.1) is 5.41 Å². The zero-order chi connectivity index (χ0) is 13.6. The third-order valence-electron chi connectivity index (χ3n) is 2.57. The van der Waals surface area contributed by atoms with Crippen molar-refractivity contribution in [1.82, 2.24) is 0 Å². The Morgan fingerprint density at radius 1 is 1.33 bits per heavy atom. The number of anilines is 1. The van der Waals surface area contributed by atoms with Crippen molar-refractivity contribution in [3.63, 3.8) is 0 Å². The molecule has 0 heterocycles. The summed E-state index contributed by atoms with van der Waals surface area (Å²) in [5.74, 6) is 0.0707. The summed E-state index contributed by atoms with van der Waals surface area (Å²) in [4.78, 5) is 10.7. The molecule has 18 heavy (non-hydrogen) atoms. The van der Waals surface area contributed by atoms with Crippen LogP contribution in [-0.2, 0) is 4.79 Å². The van der Waals surface area contributed by atoms with Gasteiger partial charge in [0, 0.05) is 12.2 Å². The van der Waals surface area contributed by atoms with E-state index in [-0.39, 0.29) is 11.8 Å². The molecule has 0 atom stereocenters. The first-order chi connectivity index (χ1) is 8.43. The van der Waals surface area contributed by atoms with Gasteiger partial charge in [-0.25, -0.2) is 0 Å². The maximum atomic E-state index is 10.7. The van der Waals surface area contributed by atoms with Gasteiger partial charge < -0.3 is 15.2 Å². The van der Waals surface area contributed by atoms with Crippen molar-refractivity contribution in [1.29, 1.82) is 0 Å². The van der Waals surface area contributed by atoms with Gasteiger partial charge in [-0.05, 0) is 36.6 Å². The van der Waals surface area contributed by atoms with Crippen LogP contribution in [0.15, 0.2) is 24.3 Å². The molecule has 4 heteroatoms. The maximum Gasteiger partial charge on any atom is 0.303 e. The predicted octanol–water partition coefficient (Wildman–Crippen LogP) is 3.00. The fourth-order valence-electron chi connectivity index (χ4n) is 1.65. The SMILES string of the molecule is CCOc1ccc(NCC(C)(C)CC(=O)O)cc1. The number of hydrogen-bond donors (Lipinski definition) is 2. The van der Waals surface area contributed by atoms with E-state index in [0.717, 1.165) is 11.4 Å². The average molecular weight is 251 g/mol. The first-order valence-electron chi connectivity index (χ1n) is 6.11. The highest BCUT2D eigenvalue weighted by Crippen LogP contribution is 2.22. The lowest BCUT2D eigenvalue weighted by Gasteiger charge is -2.23. The topological polar surface area (TPSA) is 58.6 Å². The minimum absolute atomic E-state index is 0.150. The smallest absolute Gasteiger partial charge is 0.303 e. The van der Waals surface area contributed by atoms with Crippen LogP contribution < -0.4 is 10.1 Å². The van der Waals surface area contributed by atoms with Gasteiger partial charge in [0.25, 0.3) is 0 Å². The highest BCUT2D eigenvalue weighted by Gasteiger charge is 2.21. The summed E-state index contributed by atoms with van der Waals surface area (Å²) in [5.41, 5.74) is 0.696. The molecule has 0 saturated heterocycles. The normalized spacial score (nSPS) is 11.1. The van der Waals surface area contributed by atoms with Gasteiger partial charge in [0.05, 0.1) is 13.0 Å². The molecule has 1 aromatic carbocycles. The second kappa shape index (κ2) is 6.28. The Morgan fingerprint density at radius 3 is 2.44 bits per heavy atom. The summed E-state index contributed by atoms with van der Waals surface area (Å²) in [6.45, 7) is 7.08. The molecule has 1 aromatic rings. The number of rotatable bonds is 7. The van der Waals surface area contributed by atoms with Crippen molar-refractivity contribution >= 4 is 11.7 Å². The van der Waals surface area contributed by atoms with Crippen molar-refractivity contribution in [2.75, 3.05) is 18.5 Å². The van der Waals surface area contributed by atoms with Crippen LogP contribution >= 0.6 is 0 Å². The summed E-state index contributed by atoms with van der Waals surface area (Å²) < 4.78 is 5.35. The molecule has 100 valence electrons. The summed E-state index contributed by atoms with van der Waals surface area (Å²) in [5, 5.41) is 12.0.